The van der Waals surface area contributed by atoms with Gasteiger partial charge in [-0.05, 0) is 50.6 Å². The number of urea groups is 1. The van der Waals surface area contributed by atoms with Gasteiger partial charge < -0.3 is 14.8 Å². The zero-order valence-corrected chi connectivity index (χ0v) is 16.4. The molecule has 7 nitrogen and oxygen atoms in total. The Bertz CT molecular complexity index is 853. The molecule has 0 bridgehead atoms. The minimum Gasteiger partial charge on any atom is -0.476 e. The van der Waals surface area contributed by atoms with Crippen LogP contribution in [0.2, 0.25) is 0 Å². The van der Waals surface area contributed by atoms with E-state index in [0.717, 1.165) is 5.56 Å². The molecule has 29 heavy (non-hydrogen) atoms. The van der Waals surface area contributed by atoms with E-state index in [4.69, 9.17) is 9.47 Å². The van der Waals surface area contributed by atoms with Crippen LogP contribution in [-0.4, -0.2) is 29.6 Å². The van der Waals surface area contributed by atoms with Crippen molar-refractivity contribution < 1.29 is 28.2 Å². The molecule has 0 aromatic heterocycles. The third-order valence-electron chi connectivity index (χ3n) is 3.86. The molecule has 0 heterocycles. The smallest absolute Gasteiger partial charge is 0.350 e. The number of esters is 1. The molecule has 2 N–H and O–H groups in total. The first-order valence-electron chi connectivity index (χ1n) is 8.95. The first kappa shape index (κ1) is 21.9. The summed E-state index contributed by atoms with van der Waals surface area (Å²) in [6.45, 7) is 4.49. The molecule has 0 fully saturated rings. The normalized spacial score (nSPS) is 11.9. The van der Waals surface area contributed by atoms with Crippen molar-refractivity contribution in [1.82, 2.24) is 10.6 Å². The van der Waals surface area contributed by atoms with Gasteiger partial charge in [0.2, 0.25) is 0 Å². The quantitative estimate of drug-likeness (QED) is 0.695. The van der Waals surface area contributed by atoms with Crippen LogP contribution in [0.25, 0.3) is 0 Å². The zero-order valence-electron chi connectivity index (χ0n) is 16.4. The van der Waals surface area contributed by atoms with E-state index in [1.807, 2.05) is 30.3 Å². The van der Waals surface area contributed by atoms with Gasteiger partial charge in [-0.25, -0.2) is 14.0 Å². The van der Waals surface area contributed by atoms with Gasteiger partial charge >= 0.3 is 12.0 Å². The Hall–Kier alpha value is -3.42. The van der Waals surface area contributed by atoms with Crippen LogP contribution >= 0.6 is 0 Å². The molecule has 2 aromatic carbocycles. The van der Waals surface area contributed by atoms with Crippen molar-refractivity contribution in [1.29, 1.82) is 0 Å². The molecule has 3 amide bonds. The standard InChI is InChI=1S/C21H23FN2O5/c1-14(18(25)24-20(27)23-13-15-7-5-4-6-8-15)28-19(26)21(2,3)29-17-11-9-16(22)10-12-17/h4-12,14H,13H2,1-3H3,(H2,23,24,25,27)/t14-/m1/s1. The monoisotopic (exact) mass is 402 g/mol. The van der Waals surface area contributed by atoms with Gasteiger partial charge in [-0.3, -0.25) is 10.1 Å². The second-order valence-corrected chi connectivity index (χ2v) is 6.77. The van der Waals surface area contributed by atoms with Crippen LogP contribution in [0.5, 0.6) is 5.75 Å². The summed E-state index contributed by atoms with van der Waals surface area (Å²) in [5.41, 5.74) is -0.559. The van der Waals surface area contributed by atoms with Crippen LogP contribution in [0.15, 0.2) is 54.6 Å². The Kier molecular flexibility index (Phi) is 7.30. The lowest BCUT2D eigenvalue weighted by Crippen LogP contribution is -2.47. The van der Waals surface area contributed by atoms with E-state index in [2.05, 4.69) is 10.6 Å². The lowest BCUT2D eigenvalue weighted by atomic mass is 10.1. The lowest BCUT2D eigenvalue weighted by Gasteiger charge is -2.25. The van der Waals surface area contributed by atoms with Crippen molar-refractivity contribution in [2.75, 3.05) is 0 Å². The fourth-order valence-corrected chi connectivity index (χ4v) is 2.23. The number of carbonyl (C=O) groups excluding carboxylic acids is 3. The van der Waals surface area contributed by atoms with Gasteiger partial charge in [0.05, 0.1) is 0 Å². The van der Waals surface area contributed by atoms with Crippen LogP contribution < -0.4 is 15.4 Å². The molecule has 0 aliphatic heterocycles. The van der Waals surface area contributed by atoms with Gasteiger partial charge in [0, 0.05) is 6.54 Å². The molecule has 154 valence electrons. The maximum absolute atomic E-state index is 13.0. The van der Waals surface area contributed by atoms with Gasteiger partial charge in [-0.15, -0.1) is 0 Å². The van der Waals surface area contributed by atoms with E-state index in [1.165, 1.54) is 45.0 Å². The van der Waals surface area contributed by atoms with Crippen molar-refractivity contribution in [3.05, 3.63) is 66.0 Å². The zero-order chi connectivity index (χ0) is 21.4. The fourth-order valence-electron chi connectivity index (χ4n) is 2.23. The fraction of sp³-hybridized carbons (Fsp3) is 0.286. The first-order valence-corrected chi connectivity index (χ1v) is 8.95. The summed E-state index contributed by atoms with van der Waals surface area (Å²) in [4.78, 5) is 36.3. The highest BCUT2D eigenvalue weighted by Gasteiger charge is 2.34. The Morgan fingerprint density at radius 2 is 1.66 bits per heavy atom. The predicted octanol–water partition coefficient (Wildman–Crippen LogP) is 2.94. The van der Waals surface area contributed by atoms with Gasteiger partial charge in [0.25, 0.3) is 5.91 Å². The summed E-state index contributed by atoms with van der Waals surface area (Å²) in [5.74, 6) is -1.75. The molecule has 0 saturated heterocycles. The highest BCUT2D eigenvalue weighted by atomic mass is 19.1. The van der Waals surface area contributed by atoms with E-state index in [9.17, 15) is 18.8 Å². The highest BCUT2D eigenvalue weighted by molar-refractivity contribution is 5.97. The van der Waals surface area contributed by atoms with E-state index in [1.54, 1.807) is 0 Å². The first-order chi connectivity index (χ1) is 13.7. The molecule has 0 saturated carbocycles. The second-order valence-electron chi connectivity index (χ2n) is 6.77. The number of hydrogen-bond acceptors (Lipinski definition) is 5. The van der Waals surface area contributed by atoms with E-state index in [-0.39, 0.29) is 12.3 Å². The Morgan fingerprint density at radius 3 is 2.28 bits per heavy atom. The molecule has 0 unspecified atom stereocenters. The number of carbonyl (C=O) groups is 3. The Morgan fingerprint density at radius 1 is 1.03 bits per heavy atom. The largest absolute Gasteiger partial charge is 0.476 e. The number of imide groups is 1. The summed E-state index contributed by atoms with van der Waals surface area (Å²) >= 11 is 0. The van der Waals surface area contributed by atoms with Crippen LogP contribution in [-0.2, 0) is 20.9 Å². The highest BCUT2D eigenvalue weighted by Crippen LogP contribution is 2.20. The Balaban J connectivity index is 1.83. The molecule has 0 radical (unpaired) electrons. The third-order valence-corrected chi connectivity index (χ3v) is 3.86. The second kappa shape index (κ2) is 9.68. The topological polar surface area (TPSA) is 93.7 Å². The molecule has 2 aromatic rings. The predicted molar refractivity (Wildman–Crippen MR) is 103 cm³/mol. The van der Waals surface area contributed by atoms with Crippen LogP contribution in [0.4, 0.5) is 9.18 Å². The van der Waals surface area contributed by atoms with Crippen molar-refractivity contribution in [3.63, 3.8) is 0 Å². The SMILES string of the molecule is C[C@@H](OC(=O)C(C)(C)Oc1ccc(F)cc1)C(=O)NC(=O)NCc1ccccc1. The van der Waals surface area contributed by atoms with Gasteiger partial charge in [0.15, 0.2) is 11.7 Å². The minimum atomic E-state index is -1.43. The number of benzene rings is 2. The molecular weight excluding hydrogens is 379 g/mol. The van der Waals surface area contributed by atoms with Crippen LogP contribution in [0.1, 0.15) is 26.3 Å². The molecule has 2 rings (SSSR count). The maximum atomic E-state index is 13.0. The molecule has 0 aliphatic carbocycles. The lowest BCUT2D eigenvalue weighted by molar-refractivity contribution is -0.167. The minimum absolute atomic E-state index is 0.243. The number of amides is 3. The third kappa shape index (κ3) is 6.91. The van der Waals surface area contributed by atoms with Gasteiger partial charge in [-0.2, -0.15) is 0 Å². The number of ether oxygens (including phenoxy) is 2. The average molecular weight is 402 g/mol. The van der Waals surface area contributed by atoms with Crippen LogP contribution in [0.3, 0.4) is 0 Å². The van der Waals surface area contributed by atoms with E-state index < -0.39 is 35.4 Å². The average Bonchev–Trinajstić information content (AvgIpc) is 2.68. The van der Waals surface area contributed by atoms with Crippen molar-refractivity contribution >= 4 is 17.9 Å². The molecule has 0 aliphatic rings. The summed E-state index contributed by atoms with van der Waals surface area (Å²) < 4.78 is 23.6. The molecule has 1 atom stereocenters. The summed E-state index contributed by atoms with van der Waals surface area (Å²) in [6.07, 6.45) is -1.22. The van der Waals surface area contributed by atoms with Crippen molar-refractivity contribution in [2.24, 2.45) is 0 Å². The molecular formula is C21H23FN2O5. The number of halogens is 1. The van der Waals surface area contributed by atoms with E-state index >= 15 is 0 Å². The number of hydrogen-bond donors (Lipinski definition) is 2. The Labute approximate surface area is 168 Å². The number of rotatable bonds is 7. The molecule has 0 spiro atoms. The number of nitrogens with one attached hydrogen (secondary N) is 2. The van der Waals surface area contributed by atoms with Gasteiger partial charge in [-0.1, -0.05) is 30.3 Å². The van der Waals surface area contributed by atoms with Crippen molar-refractivity contribution in [2.45, 2.75) is 39.0 Å². The van der Waals surface area contributed by atoms with Gasteiger partial charge in [0.1, 0.15) is 11.6 Å². The summed E-state index contributed by atoms with van der Waals surface area (Å²) in [7, 11) is 0. The summed E-state index contributed by atoms with van der Waals surface area (Å²) in [5, 5.41) is 4.65. The van der Waals surface area contributed by atoms with Crippen LogP contribution in [0, 0.1) is 5.82 Å². The van der Waals surface area contributed by atoms with E-state index in [0.29, 0.717) is 0 Å². The molecule has 8 heteroatoms. The summed E-state index contributed by atoms with van der Waals surface area (Å²) in [6, 6.07) is 13.6. The maximum Gasteiger partial charge on any atom is 0.350 e. The van der Waals surface area contributed by atoms with Crippen molar-refractivity contribution in [3.8, 4) is 5.75 Å².